The highest BCUT2D eigenvalue weighted by Crippen LogP contribution is 2.45. The Bertz CT molecular complexity index is 3420. The highest BCUT2D eigenvalue weighted by Gasteiger charge is 2.24. The summed E-state index contributed by atoms with van der Waals surface area (Å²) >= 11 is 0. The monoisotopic (exact) mass is 853 g/mol. The van der Waals surface area contributed by atoms with Crippen LogP contribution in [0.1, 0.15) is 23.5 Å². The van der Waals surface area contributed by atoms with Crippen molar-refractivity contribution in [2.45, 2.75) is 12.3 Å². The molecule has 0 saturated carbocycles. The first-order valence-electron chi connectivity index (χ1n) is 23.3. The minimum Gasteiger partial charge on any atom is -0.313 e. The van der Waals surface area contributed by atoms with Crippen LogP contribution in [0.5, 0.6) is 0 Å². The SMILES string of the molecule is C1=C(c2ccccc2)C=C(n2c3ccc(-c4ccc(-c5ccccc5)cc4-c4ccccc4)cc3c3cc(-c4ccc(-c5ccccc5)cc4-c4ccccc4)ccc32)CC1c1ccccc1. The van der Waals surface area contributed by atoms with Crippen LogP contribution < -0.4 is 0 Å². The third kappa shape index (κ3) is 7.71. The first kappa shape index (κ1) is 40.0. The Hall–Kier alpha value is -8.52. The molecular formula is C66H47N. The zero-order valence-corrected chi connectivity index (χ0v) is 37.1. The molecule has 1 heteroatoms. The fourth-order valence-electron chi connectivity index (χ4n) is 10.3. The molecule has 0 amide bonds. The maximum atomic E-state index is 2.55. The molecule has 0 bridgehead atoms. The Labute approximate surface area is 392 Å². The zero-order valence-electron chi connectivity index (χ0n) is 37.1. The van der Waals surface area contributed by atoms with Crippen LogP contribution >= 0.6 is 0 Å². The molecule has 0 aliphatic heterocycles. The highest BCUT2D eigenvalue weighted by molar-refractivity contribution is 6.13. The summed E-state index contributed by atoms with van der Waals surface area (Å²) in [5, 5.41) is 2.46. The molecule has 67 heavy (non-hydrogen) atoms. The lowest BCUT2D eigenvalue weighted by molar-refractivity contribution is 0.840. The number of aromatic nitrogens is 1. The van der Waals surface area contributed by atoms with E-state index in [1.165, 1.54) is 111 Å². The van der Waals surface area contributed by atoms with E-state index < -0.39 is 0 Å². The summed E-state index contributed by atoms with van der Waals surface area (Å²) in [7, 11) is 0. The number of rotatable bonds is 9. The van der Waals surface area contributed by atoms with Gasteiger partial charge in [0.15, 0.2) is 0 Å². The first-order chi connectivity index (χ1) is 33.2. The molecule has 0 spiro atoms. The van der Waals surface area contributed by atoms with Gasteiger partial charge in [-0.3, -0.25) is 0 Å². The normalized spacial score (nSPS) is 13.6. The van der Waals surface area contributed by atoms with E-state index in [2.05, 4.69) is 272 Å². The Morgan fingerprint density at radius 1 is 0.299 bits per heavy atom. The van der Waals surface area contributed by atoms with Crippen molar-refractivity contribution in [2.24, 2.45) is 0 Å². The van der Waals surface area contributed by atoms with Crippen LogP contribution in [-0.2, 0) is 0 Å². The summed E-state index contributed by atoms with van der Waals surface area (Å²) in [6.07, 6.45) is 5.77. The van der Waals surface area contributed by atoms with Crippen LogP contribution in [0.4, 0.5) is 0 Å². The Kier molecular flexibility index (Phi) is 10.4. The molecule has 1 heterocycles. The third-order valence-corrected chi connectivity index (χ3v) is 13.6. The van der Waals surface area contributed by atoms with Crippen molar-refractivity contribution < 1.29 is 0 Å². The van der Waals surface area contributed by atoms with Gasteiger partial charge in [0.05, 0.1) is 11.0 Å². The molecule has 12 rings (SSSR count). The van der Waals surface area contributed by atoms with E-state index in [-0.39, 0.29) is 5.92 Å². The van der Waals surface area contributed by atoms with Crippen LogP contribution in [-0.4, -0.2) is 4.57 Å². The largest absolute Gasteiger partial charge is 0.313 e. The quantitative estimate of drug-likeness (QED) is 0.136. The molecule has 0 saturated heterocycles. The Morgan fingerprint density at radius 2 is 0.687 bits per heavy atom. The number of hydrogen-bond acceptors (Lipinski definition) is 0. The van der Waals surface area contributed by atoms with Gasteiger partial charge in [-0.25, -0.2) is 0 Å². The van der Waals surface area contributed by atoms with Crippen molar-refractivity contribution in [2.75, 3.05) is 0 Å². The van der Waals surface area contributed by atoms with Crippen LogP contribution in [0, 0.1) is 0 Å². The summed E-state index contributed by atoms with van der Waals surface area (Å²) < 4.78 is 2.55. The van der Waals surface area contributed by atoms with Gasteiger partial charge in [-0.2, -0.15) is 0 Å². The Morgan fingerprint density at radius 3 is 1.13 bits per heavy atom. The molecule has 11 aromatic rings. The number of fused-ring (bicyclic) bond motifs is 3. The van der Waals surface area contributed by atoms with Crippen LogP contribution in [0.3, 0.4) is 0 Å². The second-order valence-electron chi connectivity index (χ2n) is 17.6. The molecule has 1 nitrogen and oxygen atoms in total. The predicted octanol–water partition coefficient (Wildman–Crippen LogP) is 17.9. The summed E-state index contributed by atoms with van der Waals surface area (Å²) in [5.41, 5.74) is 22.0. The van der Waals surface area contributed by atoms with E-state index >= 15 is 0 Å². The lowest BCUT2D eigenvalue weighted by atomic mass is 9.85. The van der Waals surface area contributed by atoms with Gasteiger partial charge in [0.25, 0.3) is 0 Å². The molecule has 1 aromatic heterocycles. The molecule has 1 unspecified atom stereocenters. The molecule has 0 radical (unpaired) electrons. The lowest BCUT2D eigenvalue weighted by Crippen LogP contribution is -2.08. The summed E-state index contributed by atoms with van der Waals surface area (Å²) in [4.78, 5) is 0. The maximum absolute atomic E-state index is 2.55. The second kappa shape index (κ2) is 17.5. The van der Waals surface area contributed by atoms with Gasteiger partial charge in [-0.1, -0.05) is 224 Å². The van der Waals surface area contributed by atoms with Crippen LogP contribution in [0.15, 0.2) is 267 Å². The molecule has 316 valence electrons. The maximum Gasteiger partial charge on any atom is 0.0538 e. The molecular weight excluding hydrogens is 807 g/mol. The van der Waals surface area contributed by atoms with Gasteiger partial charge in [0, 0.05) is 22.4 Å². The standard InChI is InChI=1S/C66H47N/c1-7-19-46(20-8-1)52-31-35-59(61(42-52)50-27-15-5-16-28-50)54-33-37-65-63(44-54)64-45-55(60-36-32-53(47-21-9-2-10-22-47)43-62(60)51-29-17-6-18-30-51)34-38-66(64)67(65)58-40-56(48-23-11-3-12-24-48)39-57(41-58)49-25-13-4-14-26-49/h1-40,42-45,57H,41H2. The van der Waals surface area contributed by atoms with E-state index in [1.54, 1.807) is 0 Å². The van der Waals surface area contributed by atoms with Crippen molar-refractivity contribution in [1.29, 1.82) is 0 Å². The minimum atomic E-state index is 0.218. The van der Waals surface area contributed by atoms with E-state index in [9.17, 15) is 0 Å². The van der Waals surface area contributed by atoms with Crippen molar-refractivity contribution in [1.82, 2.24) is 4.57 Å². The number of benzene rings is 10. The number of allylic oxidation sites excluding steroid dienone is 4. The van der Waals surface area contributed by atoms with Gasteiger partial charge in [-0.15, -0.1) is 0 Å². The molecule has 1 aliphatic rings. The fourth-order valence-corrected chi connectivity index (χ4v) is 10.3. The van der Waals surface area contributed by atoms with E-state index in [0.29, 0.717) is 0 Å². The van der Waals surface area contributed by atoms with E-state index in [1.807, 2.05) is 0 Å². The smallest absolute Gasteiger partial charge is 0.0538 e. The van der Waals surface area contributed by atoms with E-state index in [0.717, 1.165) is 6.42 Å². The van der Waals surface area contributed by atoms with Gasteiger partial charge in [0.1, 0.15) is 0 Å². The average molecular weight is 854 g/mol. The second-order valence-corrected chi connectivity index (χ2v) is 17.6. The van der Waals surface area contributed by atoms with Crippen LogP contribution in [0.2, 0.25) is 0 Å². The van der Waals surface area contributed by atoms with Gasteiger partial charge >= 0.3 is 0 Å². The Balaban J connectivity index is 1.09. The van der Waals surface area contributed by atoms with Gasteiger partial charge < -0.3 is 4.57 Å². The van der Waals surface area contributed by atoms with Crippen LogP contribution in [0.25, 0.3) is 99.8 Å². The summed E-state index contributed by atoms with van der Waals surface area (Å²) in [6.45, 7) is 0. The third-order valence-electron chi connectivity index (χ3n) is 13.6. The van der Waals surface area contributed by atoms with Crippen molar-refractivity contribution in [3.8, 4) is 66.8 Å². The molecule has 0 N–H and O–H groups in total. The molecule has 1 aliphatic carbocycles. The average Bonchev–Trinajstić information content (AvgIpc) is 3.75. The zero-order chi connectivity index (χ0) is 44.5. The van der Waals surface area contributed by atoms with E-state index in [4.69, 9.17) is 0 Å². The molecule has 1 atom stereocenters. The first-order valence-corrected chi connectivity index (χ1v) is 23.3. The van der Waals surface area contributed by atoms with Gasteiger partial charge in [-0.05, 0) is 132 Å². The summed E-state index contributed by atoms with van der Waals surface area (Å²) in [5.74, 6) is 0.218. The topological polar surface area (TPSA) is 4.93 Å². The van der Waals surface area contributed by atoms with Crippen molar-refractivity contribution in [3.63, 3.8) is 0 Å². The van der Waals surface area contributed by atoms with Crippen molar-refractivity contribution >= 4 is 33.1 Å². The number of hydrogen-bond donors (Lipinski definition) is 0. The highest BCUT2D eigenvalue weighted by atomic mass is 15.0. The predicted molar refractivity (Wildman–Crippen MR) is 285 cm³/mol. The summed E-state index contributed by atoms with van der Waals surface area (Å²) in [6, 6.07) is 93.2. The van der Waals surface area contributed by atoms with Crippen molar-refractivity contribution in [3.05, 3.63) is 278 Å². The minimum absolute atomic E-state index is 0.218. The molecule has 10 aromatic carbocycles. The van der Waals surface area contributed by atoms with Gasteiger partial charge in [0.2, 0.25) is 0 Å². The number of nitrogens with zero attached hydrogens (tertiary/aromatic N) is 1. The fraction of sp³-hybridized carbons (Fsp3) is 0.0303. The molecule has 0 fully saturated rings. The lowest BCUT2D eigenvalue weighted by Gasteiger charge is -2.25.